The van der Waals surface area contributed by atoms with Gasteiger partial charge in [0.25, 0.3) is 0 Å². The second-order valence-corrected chi connectivity index (χ2v) is 5.40. The number of hydrogen-bond donors (Lipinski definition) is 1. The summed E-state index contributed by atoms with van der Waals surface area (Å²) in [6, 6.07) is 8.61. The molecule has 0 aromatic heterocycles. The summed E-state index contributed by atoms with van der Waals surface area (Å²) in [5.41, 5.74) is 0. The Bertz CT molecular complexity index is 375. The van der Waals surface area contributed by atoms with E-state index in [-0.39, 0.29) is 0 Å². The van der Waals surface area contributed by atoms with Crippen LogP contribution in [0.15, 0.2) is 24.3 Å². The van der Waals surface area contributed by atoms with E-state index in [0.717, 1.165) is 37.1 Å². The van der Waals surface area contributed by atoms with Crippen LogP contribution in [0.4, 0.5) is 0 Å². The van der Waals surface area contributed by atoms with E-state index >= 15 is 0 Å². The van der Waals surface area contributed by atoms with Crippen LogP contribution in [0, 0.1) is 0 Å². The first-order valence-corrected chi connectivity index (χ1v) is 7.97. The number of rotatable bonds is 8. The Balaban J connectivity index is 1.59. The van der Waals surface area contributed by atoms with E-state index in [2.05, 4.69) is 5.32 Å². The minimum Gasteiger partial charge on any atom is -0.494 e. The first-order chi connectivity index (χ1) is 9.88. The van der Waals surface area contributed by atoms with Crippen LogP contribution in [0.2, 0.25) is 0 Å². The third kappa shape index (κ3) is 5.41. The third-order valence-corrected chi connectivity index (χ3v) is 3.74. The summed E-state index contributed by atoms with van der Waals surface area (Å²) in [5, 5.41) is 3.63. The predicted molar refractivity (Wildman–Crippen MR) is 82.6 cm³/mol. The fourth-order valence-electron chi connectivity index (χ4n) is 2.70. The van der Waals surface area contributed by atoms with Crippen molar-refractivity contribution in [1.82, 2.24) is 5.32 Å². The van der Waals surface area contributed by atoms with Gasteiger partial charge in [0.1, 0.15) is 11.5 Å². The van der Waals surface area contributed by atoms with E-state index in [1.165, 1.54) is 32.1 Å². The topological polar surface area (TPSA) is 30.5 Å². The normalized spacial score (nSPS) is 16.1. The Morgan fingerprint density at radius 2 is 1.85 bits per heavy atom. The molecule has 1 fully saturated rings. The molecule has 1 saturated carbocycles. The van der Waals surface area contributed by atoms with Crippen molar-refractivity contribution >= 4 is 0 Å². The molecule has 0 heterocycles. The maximum Gasteiger partial charge on any atom is 0.122 e. The molecule has 0 unspecified atom stereocenters. The molecular formula is C17H27NO2. The summed E-state index contributed by atoms with van der Waals surface area (Å²) in [4.78, 5) is 0. The van der Waals surface area contributed by atoms with Crippen LogP contribution < -0.4 is 14.8 Å². The molecule has 0 spiro atoms. The Kier molecular flexibility index (Phi) is 6.72. The Morgan fingerprint density at radius 1 is 1.10 bits per heavy atom. The van der Waals surface area contributed by atoms with Gasteiger partial charge >= 0.3 is 0 Å². The number of nitrogens with one attached hydrogen (secondary N) is 1. The van der Waals surface area contributed by atoms with Gasteiger partial charge in [0.05, 0.1) is 13.2 Å². The van der Waals surface area contributed by atoms with Gasteiger partial charge in [0, 0.05) is 12.1 Å². The van der Waals surface area contributed by atoms with Crippen molar-refractivity contribution in [3.8, 4) is 11.5 Å². The lowest BCUT2D eigenvalue weighted by atomic mass is 9.95. The van der Waals surface area contributed by atoms with E-state index in [0.29, 0.717) is 6.61 Å². The van der Waals surface area contributed by atoms with Crippen LogP contribution in [0.1, 0.15) is 45.4 Å². The van der Waals surface area contributed by atoms with Gasteiger partial charge in [-0.3, -0.25) is 0 Å². The maximum absolute atomic E-state index is 5.76. The van der Waals surface area contributed by atoms with Gasteiger partial charge in [-0.15, -0.1) is 0 Å². The minimum atomic E-state index is 0.689. The van der Waals surface area contributed by atoms with Crippen molar-refractivity contribution in [1.29, 1.82) is 0 Å². The monoisotopic (exact) mass is 277 g/mol. The summed E-state index contributed by atoms with van der Waals surface area (Å²) < 4.78 is 11.2. The highest BCUT2D eigenvalue weighted by atomic mass is 16.5. The molecule has 0 bridgehead atoms. The maximum atomic E-state index is 5.76. The molecule has 0 aliphatic heterocycles. The fourth-order valence-corrected chi connectivity index (χ4v) is 2.70. The molecule has 0 saturated heterocycles. The number of ether oxygens (including phenoxy) is 2. The Hall–Kier alpha value is -1.22. The van der Waals surface area contributed by atoms with Gasteiger partial charge in [-0.05, 0) is 44.9 Å². The summed E-state index contributed by atoms with van der Waals surface area (Å²) >= 11 is 0. The molecule has 1 aromatic carbocycles. The minimum absolute atomic E-state index is 0.689. The van der Waals surface area contributed by atoms with Crippen molar-refractivity contribution in [2.45, 2.75) is 51.5 Å². The molecule has 0 radical (unpaired) electrons. The quantitative estimate of drug-likeness (QED) is 0.734. The van der Waals surface area contributed by atoms with E-state index in [1.54, 1.807) is 0 Å². The third-order valence-electron chi connectivity index (χ3n) is 3.74. The zero-order valence-electron chi connectivity index (χ0n) is 12.6. The second-order valence-electron chi connectivity index (χ2n) is 5.40. The van der Waals surface area contributed by atoms with E-state index < -0.39 is 0 Å². The average Bonchev–Trinajstić information content (AvgIpc) is 2.49. The first-order valence-electron chi connectivity index (χ1n) is 7.97. The lowest BCUT2D eigenvalue weighted by Gasteiger charge is -2.22. The summed E-state index contributed by atoms with van der Waals surface area (Å²) in [6.07, 6.45) is 7.93. The van der Waals surface area contributed by atoms with Crippen LogP contribution >= 0.6 is 0 Å². The van der Waals surface area contributed by atoms with Crippen molar-refractivity contribution in [2.75, 3.05) is 19.8 Å². The lowest BCUT2D eigenvalue weighted by molar-refractivity contribution is 0.292. The molecule has 3 heteroatoms. The van der Waals surface area contributed by atoms with Crippen molar-refractivity contribution < 1.29 is 9.47 Å². The standard InChI is InChI=1S/C17H27NO2/c1-2-19-16-10-6-11-17(14-16)20-13-7-12-18-15-8-4-3-5-9-15/h6,10-11,14-15,18H,2-5,7-9,12-13H2,1H3. The molecule has 1 N–H and O–H groups in total. The summed E-state index contributed by atoms with van der Waals surface area (Å²) in [7, 11) is 0. The van der Waals surface area contributed by atoms with Gasteiger partial charge < -0.3 is 14.8 Å². The van der Waals surface area contributed by atoms with E-state index in [1.807, 2.05) is 31.2 Å². The largest absolute Gasteiger partial charge is 0.494 e. The second kappa shape index (κ2) is 8.85. The SMILES string of the molecule is CCOc1cccc(OCCCNC2CCCCC2)c1. The highest BCUT2D eigenvalue weighted by Gasteiger charge is 2.11. The fraction of sp³-hybridized carbons (Fsp3) is 0.647. The molecule has 0 atom stereocenters. The van der Waals surface area contributed by atoms with Crippen LogP contribution in [0.25, 0.3) is 0 Å². The van der Waals surface area contributed by atoms with Crippen LogP contribution in [0.3, 0.4) is 0 Å². The average molecular weight is 277 g/mol. The summed E-state index contributed by atoms with van der Waals surface area (Å²) in [6.45, 7) is 4.49. The lowest BCUT2D eigenvalue weighted by Crippen LogP contribution is -2.32. The molecule has 2 rings (SSSR count). The molecule has 3 nitrogen and oxygen atoms in total. The van der Waals surface area contributed by atoms with Gasteiger partial charge in [-0.25, -0.2) is 0 Å². The van der Waals surface area contributed by atoms with Crippen LogP contribution in [0.5, 0.6) is 11.5 Å². The predicted octanol–water partition coefficient (Wildman–Crippen LogP) is 3.78. The zero-order valence-corrected chi connectivity index (χ0v) is 12.6. The molecule has 1 aliphatic rings. The van der Waals surface area contributed by atoms with Crippen LogP contribution in [-0.4, -0.2) is 25.8 Å². The molecule has 0 amide bonds. The molecular weight excluding hydrogens is 250 g/mol. The van der Waals surface area contributed by atoms with Crippen molar-refractivity contribution in [3.05, 3.63) is 24.3 Å². The summed E-state index contributed by atoms with van der Waals surface area (Å²) in [5.74, 6) is 1.78. The van der Waals surface area contributed by atoms with Gasteiger partial charge in [-0.1, -0.05) is 25.3 Å². The van der Waals surface area contributed by atoms with E-state index in [4.69, 9.17) is 9.47 Å². The smallest absolute Gasteiger partial charge is 0.122 e. The van der Waals surface area contributed by atoms with Crippen LogP contribution in [-0.2, 0) is 0 Å². The van der Waals surface area contributed by atoms with Crippen molar-refractivity contribution in [2.24, 2.45) is 0 Å². The number of benzene rings is 1. The zero-order chi connectivity index (χ0) is 14.0. The Morgan fingerprint density at radius 3 is 2.60 bits per heavy atom. The molecule has 112 valence electrons. The highest BCUT2D eigenvalue weighted by Crippen LogP contribution is 2.19. The highest BCUT2D eigenvalue weighted by molar-refractivity contribution is 5.32. The van der Waals surface area contributed by atoms with E-state index in [9.17, 15) is 0 Å². The van der Waals surface area contributed by atoms with Gasteiger partial charge in [0.2, 0.25) is 0 Å². The van der Waals surface area contributed by atoms with Gasteiger partial charge in [-0.2, -0.15) is 0 Å². The molecule has 20 heavy (non-hydrogen) atoms. The Labute approximate surface area is 122 Å². The first kappa shape index (κ1) is 15.2. The molecule has 1 aromatic rings. The molecule has 1 aliphatic carbocycles. The van der Waals surface area contributed by atoms with Gasteiger partial charge in [0.15, 0.2) is 0 Å². The number of hydrogen-bond acceptors (Lipinski definition) is 3. The van der Waals surface area contributed by atoms with Crippen molar-refractivity contribution in [3.63, 3.8) is 0 Å².